The van der Waals surface area contributed by atoms with Crippen molar-refractivity contribution in [3.63, 3.8) is 0 Å². The Bertz CT molecular complexity index is 568. The summed E-state index contributed by atoms with van der Waals surface area (Å²) in [5.41, 5.74) is 0.902. The van der Waals surface area contributed by atoms with Crippen molar-refractivity contribution in [2.45, 2.75) is 32.5 Å². The highest BCUT2D eigenvalue weighted by Gasteiger charge is 2.10. The molecule has 0 amide bonds. The molecule has 0 aliphatic carbocycles. The van der Waals surface area contributed by atoms with Crippen molar-refractivity contribution in [2.75, 3.05) is 13.1 Å². The van der Waals surface area contributed by atoms with Crippen molar-refractivity contribution >= 4 is 10.8 Å². The van der Waals surface area contributed by atoms with Gasteiger partial charge in [-0.2, -0.15) is 0 Å². The van der Waals surface area contributed by atoms with Gasteiger partial charge in [0.1, 0.15) is 0 Å². The van der Waals surface area contributed by atoms with Crippen LogP contribution in [0.1, 0.15) is 31.9 Å². The maximum absolute atomic E-state index is 10.2. The van der Waals surface area contributed by atoms with Crippen LogP contribution >= 0.6 is 0 Å². The molecule has 2 aromatic carbocycles. The first-order valence-electron chi connectivity index (χ1n) is 7.62. The monoisotopic (exact) mass is 287 g/mol. The molecule has 2 rings (SSSR count). The minimum absolute atomic E-state index is 0.353. The Balaban J connectivity index is 1.88. The second-order valence-corrected chi connectivity index (χ2v) is 6.06. The van der Waals surface area contributed by atoms with E-state index in [2.05, 4.69) is 25.2 Å². The Hall–Kier alpha value is -1.42. The Labute approximate surface area is 126 Å². The summed E-state index contributed by atoms with van der Waals surface area (Å²) in [7, 11) is 0. The van der Waals surface area contributed by atoms with Crippen LogP contribution in [0.2, 0.25) is 0 Å². The summed E-state index contributed by atoms with van der Waals surface area (Å²) in [6.45, 7) is 5.15. The summed E-state index contributed by atoms with van der Waals surface area (Å²) in [5, 5.41) is 25.5. The first kappa shape index (κ1) is 16.0. The van der Waals surface area contributed by atoms with Crippen LogP contribution < -0.4 is 5.32 Å². The van der Waals surface area contributed by atoms with Crippen LogP contribution in [0.4, 0.5) is 0 Å². The van der Waals surface area contributed by atoms with Crippen molar-refractivity contribution < 1.29 is 10.2 Å². The van der Waals surface area contributed by atoms with Crippen LogP contribution in [-0.2, 0) is 0 Å². The number of hydrogen-bond acceptors (Lipinski definition) is 3. The lowest BCUT2D eigenvalue weighted by atomic mass is 10.0. The minimum Gasteiger partial charge on any atom is -0.392 e. The average Bonchev–Trinajstić information content (AvgIpc) is 2.45. The molecule has 0 fully saturated rings. The normalized spacial score (nSPS) is 14.5. The molecule has 3 N–H and O–H groups in total. The standard InChI is InChI=1S/C18H25NO2/c1-13(2)9-17(20)11-19-12-18(21)16-8-7-14-5-3-4-6-15(14)10-16/h3-8,10,13,17-21H,9,11-12H2,1-2H3. The molecule has 0 bridgehead atoms. The Kier molecular flexibility index (Phi) is 5.74. The zero-order valence-corrected chi connectivity index (χ0v) is 12.8. The number of benzene rings is 2. The van der Waals surface area contributed by atoms with Crippen molar-refractivity contribution in [1.82, 2.24) is 5.32 Å². The molecule has 0 aromatic heterocycles. The third kappa shape index (κ3) is 4.81. The van der Waals surface area contributed by atoms with E-state index in [-0.39, 0.29) is 6.10 Å². The molecule has 2 aromatic rings. The van der Waals surface area contributed by atoms with E-state index in [1.165, 1.54) is 5.39 Å². The van der Waals surface area contributed by atoms with Crippen molar-refractivity contribution in [3.8, 4) is 0 Å². The molecule has 21 heavy (non-hydrogen) atoms. The average molecular weight is 287 g/mol. The van der Waals surface area contributed by atoms with Gasteiger partial charge in [0.2, 0.25) is 0 Å². The van der Waals surface area contributed by atoms with E-state index < -0.39 is 6.10 Å². The van der Waals surface area contributed by atoms with E-state index in [1.807, 2.05) is 36.4 Å². The molecule has 2 atom stereocenters. The molecule has 3 nitrogen and oxygen atoms in total. The Morgan fingerprint density at radius 3 is 2.38 bits per heavy atom. The largest absolute Gasteiger partial charge is 0.392 e. The highest BCUT2D eigenvalue weighted by molar-refractivity contribution is 5.83. The van der Waals surface area contributed by atoms with E-state index in [9.17, 15) is 10.2 Å². The maximum atomic E-state index is 10.2. The van der Waals surface area contributed by atoms with Gasteiger partial charge in [0, 0.05) is 13.1 Å². The summed E-state index contributed by atoms with van der Waals surface area (Å²) >= 11 is 0. The van der Waals surface area contributed by atoms with Crippen LogP contribution in [0, 0.1) is 5.92 Å². The summed E-state index contributed by atoms with van der Waals surface area (Å²) < 4.78 is 0. The van der Waals surface area contributed by atoms with E-state index in [1.54, 1.807) is 0 Å². The van der Waals surface area contributed by atoms with Gasteiger partial charge in [-0.15, -0.1) is 0 Å². The van der Waals surface area contributed by atoms with Gasteiger partial charge in [-0.05, 0) is 34.7 Å². The lowest BCUT2D eigenvalue weighted by molar-refractivity contribution is 0.131. The summed E-state index contributed by atoms with van der Waals surface area (Å²) in [4.78, 5) is 0. The van der Waals surface area contributed by atoms with Crippen LogP contribution in [0.3, 0.4) is 0 Å². The van der Waals surface area contributed by atoms with Gasteiger partial charge in [-0.25, -0.2) is 0 Å². The van der Waals surface area contributed by atoms with Crippen LogP contribution in [0.15, 0.2) is 42.5 Å². The van der Waals surface area contributed by atoms with E-state index in [0.717, 1.165) is 17.4 Å². The summed E-state index contributed by atoms with van der Waals surface area (Å²) in [5.74, 6) is 0.479. The third-order valence-electron chi connectivity index (χ3n) is 3.62. The molecule has 0 spiro atoms. The molecular weight excluding hydrogens is 262 g/mol. The molecule has 114 valence electrons. The Morgan fingerprint density at radius 1 is 0.952 bits per heavy atom. The Morgan fingerprint density at radius 2 is 1.67 bits per heavy atom. The molecule has 0 radical (unpaired) electrons. The van der Waals surface area contributed by atoms with Crippen molar-refractivity contribution in [3.05, 3.63) is 48.0 Å². The quantitative estimate of drug-likeness (QED) is 0.734. The second-order valence-electron chi connectivity index (χ2n) is 6.06. The maximum Gasteiger partial charge on any atom is 0.0914 e. The third-order valence-corrected chi connectivity index (χ3v) is 3.62. The van der Waals surface area contributed by atoms with E-state index in [4.69, 9.17) is 0 Å². The lowest BCUT2D eigenvalue weighted by Crippen LogP contribution is -2.31. The molecule has 0 aliphatic rings. The first-order valence-corrected chi connectivity index (χ1v) is 7.62. The van der Waals surface area contributed by atoms with Gasteiger partial charge in [0.05, 0.1) is 12.2 Å². The van der Waals surface area contributed by atoms with Crippen molar-refractivity contribution in [1.29, 1.82) is 0 Å². The smallest absolute Gasteiger partial charge is 0.0914 e. The summed E-state index contributed by atoms with van der Waals surface area (Å²) in [6.07, 6.45) is -0.131. The number of hydrogen-bond donors (Lipinski definition) is 3. The number of aliphatic hydroxyl groups excluding tert-OH is 2. The molecule has 0 saturated carbocycles. The number of fused-ring (bicyclic) bond motifs is 1. The van der Waals surface area contributed by atoms with Crippen LogP contribution in [-0.4, -0.2) is 29.4 Å². The minimum atomic E-state index is -0.555. The zero-order chi connectivity index (χ0) is 15.2. The van der Waals surface area contributed by atoms with Crippen LogP contribution in [0.5, 0.6) is 0 Å². The van der Waals surface area contributed by atoms with Gasteiger partial charge in [-0.3, -0.25) is 0 Å². The zero-order valence-electron chi connectivity index (χ0n) is 12.8. The highest BCUT2D eigenvalue weighted by Crippen LogP contribution is 2.20. The highest BCUT2D eigenvalue weighted by atomic mass is 16.3. The van der Waals surface area contributed by atoms with Gasteiger partial charge in [-0.1, -0.05) is 50.2 Å². The number of nitrogens with one attached hydrogen (secondary N) is 1. The van der Waals surface area contributed by atoms with Gasteiger partial charge < -0.3 is 15.5 Å². The molecule has 0 heterocycles. The van der Waals surface area contributed by atoms with Gasteiger partial charge in [0.25, 0.3) is 0 Å². The fourth-order valence-electron chi connectivity index (χ4n) is 2.55. The first-order chi connectivity index (χ1) is 10.1. The van der Waals surface area contributed by atoms with Gasteiger partial charge in [0.15, 0.2) is 0 Å². The van der Waals surface area contributed by atoms with E-state index >= 15 is 0 Å². The summed E-state index contributed by atoms with van der Waals surface area (Å²) in [6, 6.07) is 14.1. The van der Waals surface area contributed by atoms with E-state index in [0.29, 0.717) is 19.0 Å². The molecular formula is C18H25NO2. The van der Waals surface area contributed by atoms with Gasteiger partial charge >= 0.3 is 0 Å². The predicted octanol–water partition coefficient (Wildman–Crippen LogP) is 2.87. The molecule has 0 aliphatic heterocycles. The fraction of sp³-hybridized carbons (Fsp3) is 0.444. The number of rotatable bonds is 7. The molecule has 3 heteroatoms. The lowest BCUT2D eigenvalue weighted by Gasteiger charge is -2.16. The van der Waals surface area contributed by atoms with Crippen LogP contribution in [0.25, 0.3) is 10.8 Å². The molecule has 0 saturated heterocycles. The fourth-order valence-corrected chi connectivity index (χ4v) is 2.55. The topological polar surface area (TPSA) is 52.5 Å². The van der Waals surface area contributed by atoms with Crippen molar-refractivity contribution in [2.24, 2.45) is 5.92 Å². The number of aliphatic hydroxyl groups is 2. The second kappa shape index (κ2) is 7.55. The predicted molar refractivity (Wildman–Crippen MR) is 87.2 cm³/mol. The molecule has 2 unspecified atom stereocenters. The SMILES string of the molecule is CC(C)CC(O)CNCC(O)c1ccc2ccccc2c1.